The first-order valence-corrected chi connectivity index (χ1v) is 5.03. The molecule has 78 valence electrons. The van der Waals surface area contributed by atoms with E-state index >= 15 is 0 Å². The van der Waals surface area contributed by atoms with E-state index in [1.54, 1.807) is 7.11 Å². The lowest BCUT2D eigenvalue weighted by molar-refractivity contribution is -0.00921. The maximum Gasteiger partial charge on any atom is 0.0704 e. The molecule has 13 heavy (non-hydrogen) atoms. The number of nitrogens with two attached hydrogens (primary N) is 1. The zero-order chi connectivity index (χ0) is 9.73. The van der Waals surface area contributed by atoms with Gasteiger partial charge in [0, 0.05) is 12.6 Å². The number of hydrogen-bond acceptors (Lipinski definition) is 3. The van der Waals surface area contributed by atoms with Crippen molar-refractivity contribution >= 4 is 0 Å². The van der Waals surface area contributed by atoms with Crippen LogP contribution in [0.4, 0.5) is 0 Å². The fraction of sp³-hybridized carbons (Fsp3) is 1.00. The largest absolute Gasteiger partial charge is 0.382 e. The van der Waals surface area contributed by atoms with Crippen molar-refractivity contribution in [1.29, 1.82) is 0 Å². The van der Waals surface area contributed by atoms with Gasteiger partial charge < -0.3 is 15.2 Å². The third kappa shape index (κ3) is 4.07. The van der Waals surface area contributed by atoms with E-state index in [1.807, 2.05) is 0 Å². The Morgan fingerprint density at radius 2 is 1.92 bits per heavy atom. The van der Waals surface area contributed by atoms with Gasteiger partial charge in [0.2, 0.25) is 0 Å². The highest BCUT2D eigenvalue weighted by Gasteiger charge is 2.27. The summed E-state index contributed by atoms with van der Waals surface area (Å²) in [5.41, 5.74) is 6.06. The summed E-state index contributed by atoms with van der Waals surface area (Å²) in [6.45, 7) is 3.53. The molecule has 0 aromatic carbocycles. The molecule has 0 atom stereocenters. The van der Waals surface area contributed by atoms with Crippen molar-refractivity contribution < 1.29 is 9.47 Å². The van der Waals surface area contributed by atoms with Gasteiger partial charge in [-0.1, -0.05) is 0 Å². The highest BCUT2D eigenvalue weighted by molar-refractivity contribution is 4.85. The quantitative estimate of drug-likeness (QED) is 0.675. The second-order valence-corrected chi connectivity index (χ2v) is 4.22. The van der Waals surface area contributed by atoms with Crippen molar-refractivity contribution in [2.75, 3.05) is 20.3 Å². The molecule has 0 radical (unpaired) electrons. The number of ether oxygens (including phenoxy) is 2. The van der Waals surface area contributed by atoms with Crippen LogP contribution in [0.3, 0.4) is 0 Å². The van der Waals surface area contributed by atoms with Crippen LogP contribution in [-0.4, -0.2) is 32.0 Å². The van der Waals surface area contributed by atoms with Crippen LogP contribution in [0, 0.1) is 0 Å². The van der Waals surface area contributed by atoms with Crippen LogP contribution in [0.15, 0.2) is 0 Å². The zero-order valence-electron chi connectivity index (χ0n) is 8.71. The smallest absolute Gasteiger partial charge is 0.0704 e. The molecule has 1 rings (SSSR count). The van der Waals surface area contributed by atoms with Crippen molar-refractivity contribution in [1.82, 2.24) is 0 Å². The molecule has 0 spiro atoms. The summed E-state index contributed by atoms with van der Waals surface area (Å²) < 4.78 is 10.6. The lowest BCUT2D eigenvalue weighted by Gasteiger charge is -2.33. The standard InChI is InChI=1S/C10H21NO2/c1-10(11)5-3-9(4-6-10)13-8-7-12-2/h9H,3-8,11H2,1-2H3/t9-,10-. The molecule has 1 aliphatic carbocycles. The van der Waals surface area contributed by atoms with Crippen molar-refractivity contribution in [3.63, 3.8) is 0 Å². The van der Waals surface area contributed by atoms with Crippen LogP contribution < -0.4 is 5.73 Å². The first kappa shape index (κ1) is 11.0. The molecule has 0 aliphatic heterocycles. The minimum atomic E-state index is 0.0428. The van der Waals surface area contributed by atoms with Gasteiger partial charge in [-0.3, -0.25) is 0 Å². The third-order valence-electron chi connectivity index (χ3n) is 2.72. The van der Waals surface area contributed by atoms with Gasteiger partial charge in [-0.15, -0.1) is 0 Å². The molecular formula is C10H21NO2. The Balaban J connectivity index is 2.11. The van der Waals surface area contributed by atoms with Gasteiger partial charge in [-0.25, -0.2) is 0 Å². The average molecular weight is 187 g/mol. The van der Waals surface area contributed by atoms with Gasteiger partial charge in [-0.2, -0.15) is 0 Å². The Morgan fingerprint density at radius 1 is 1.31 bits per heavy atom. The molecule has 0 saturated heterocycles. The minimum Gasteiger partial charge on any atom is -0.382 e. The lowest BCUT2D eigenvalue weighted by Crippen LogP contribution is -2.41. The molecule has 1 aliphatic rings. The van der Waals surface area contributed by atoms with Crippen LogP contribution in [-0.2, 0) is 9.47 Å². The van der Waals surface area contributed by atoms with E-state index in [0.29, 0.717) is 19.3 Å². The van der Waals surface area contributed by atoms with Gasteiger partial charge in [0.05, 0.1) is 19.3 Å². The monoisotopic (exact) mass is 187 g/mol. The molecule has 3 heteroatoms. The molecule has 1 fully saturated rings. The predicted octanol–water partition coefficient (Wildman–Crippen LogP) is 1.31. The molecule has 3 nitrogen and oxygen atoms in total. The van der Waals surface area contributed by atoms with Crippen LogP contribution in [0.1, 0.15) is 32.6 Å². The van der Waals surface area contributed by atoms with Gasteiger partial charge >= 0.3 is 0 Å². The van der Waals surface area contributed by atoms with Crippen molar-refractivity contribution in [2.45, 2.75) is 44.2 Å². The third-order valence-corrected chi connectivity index (χ3v) is 2.72. The van der Waals surface area contributed by atoms with E-state index in [4.69, 9.17) is 15.2 Å². The summed E-state index contributed by atoms with van der Waals surface area (Å²) in [7, 11) is 1.70. The molecule has 0 aromatic heterocycles. The lowest BCUT2D eigenvalue weighted by atomic mass is 9.83. The number of methoxy groups -OCH3 is 1. The first-order chi connectivity index (χ1) is 6.14. The second-order valence-electron chi connectivity index (χ2n) is 4.22. The van der Waals surface area contributed by atoms with Crippen LogP contribution in [0.25, 0.3) is 0 Å². The first-order valence-electron chi connectivity index (χ1n) is 5.03. The predicted molar refractivity (Wildman–Crippen MR) is 52.7 cm³/mol. The Labute approximate surface area is 80.6 Å². The molecule has 0 unspecified atom stereocenters. The Kier molecular flexibility index (Phi) is 4.16. The van der Waals surface area contributed by atoms with Crippen LogP contribution in [0.5, 0.6) is 0 Å². The van der Waals surface area contributed by atoms with E-state index in [9.17, 15) is 0 Å². The molecule has 2 N–H and O–H groups in total. The normalized spacial score (nSPS) is 34.8. The van der Waals surface area contributed by atoms with Crippen LogP contribution in [0.2, 0.25) is 0 Å². The molecule has 0 aromatic rings. The zero-order valence-corrected chi connectivity index (χ0v) is 8.71. The molecule has 0 heterocycles. The van der Waals surface area contributed by atoms with Gasteiger partial charge in [-0.05, 0) is 32.6 Å². The fourth-order valence-electron chi connectivity index (χ4n) is 1.72. The van der Waals surface area contributed by atoms with E-state index < -0.39 is 0 Å². The maximum absolute atomic E-state index is 6.01. The topological polar surface area (TPSA) is 44.5 Å². The molecule has 0 amide bonds. The SMILES string of the molecule is COCCO[C@H]1CC[C@](C)(N)CC1. The van der Waals surface area contributed by atoms with Crippen LogP contribution >= 0.6 is 0 Å². The average Bonchev–Trinajstić information content (AvgIpc) is 2.08. The summed E-state index contributed by atoms with van der Waals surface area (Å²) in [6, 6.07) is 0. The van der Waals surface area contributed by atoms with Crippen molar-refractivity contribution in [3.8, 4) is 0 Å². The van der Waals surface area contributed by atoms with E-state index in [-0.39, 0.29) is 5.54 Å². The maximum atomic E-state index is 6.01. The van der Waals surface area contributed by atoms with Gasteiger partial charge in [0.25, 0.3) is 0 Å². The number of hydrogen-bond donors (Lipinski definition) is 1. The highest BCUT2D eigenvalue weighted by Crippen LogP contribution is 2.27. The van der Waals surface area contributed by atoms with Crippen molar-refractivity contribution in [2.24, 2.45) is 5.73 Å². The fourth-order valence-corrected chi connectivity index (χ4v) is 1.72. The minimum absolute atomic E-state index is 0.0428. The summed E-state index contributed by atoms with van der Waals surface area (Å²) in [5, 5.41) is 0. The van der Waals surface area contributed by atoms with Crippen molar-refractivity contribution in [3.05, 3.63) is 0 Å². The molecular weight excluding hydrogens is 166 g/mol. The molecule has 0 bridgehead atoms. The summed E-state index contributed by atoms with van der Waals surface area (Å²) in [4.78, 5) is 0. The summed E-state index contributed by atoms with van der Waals surface area (Å²) in [6.07, 6.45) is 4.75. The van der Waals surface area contributed by atoms with E-state index in [1.165, 1.54) is 0 Å². The Bertz CT molecular complexity index is 138. The van der Waals surface area contributed by atoms with Gasteiger partial charge in [0.15, 0.2) is 0 Å². The van der Waals surface area contributed by atoms with E-state index in [0.717, 1.165) is 25.7 Å². The Morgan fingerprint density at radius 3 is 2.46 bits per heavy atom. The highest BCUT2D eigenvalue weighted by atomic mass is 16.5. The van der Waals surface area contributed by atoms with E-state index in [2.05, 4.69) is 6.92 Å². The second kappa shape index (κ2) is 4.94. The summed E-state index contributed by atoms with van der Waals surface area (Å²) in [5.74, 6) is 0. The molecule has 1 saturated carbocycles. The Hall–Kier alpha value is -0.120. The van der Waals surface area contributed by atoms with Gasteiger partial charge in [0.1, 0.15) is 0 Å². The number of rotatable bonds is 4. The summed E-state index contributed by atoms with van der Waals surface area (Å²) >= 11 is 0.